The number of carbonyl (C=O) groups excluding carboxylic acids is 1. The summed E-state index contributed by atoms with van der Waals surface area (Å²) in [6.45, 7) is 10.9. The van der Waals surface area contributed by atoms with Gasteiger partial charge in [-0.3, -0.25) is 4.79 Å². The van der Waals surface area contributed by atoms with Crippen molar-refractivity contribution in [3.8, 4) is 17.1 Å². The van der Waals surface area contributed by atoms with Crippen molar-refractivity contribution in [1.29, 1.82) is 0 Å². The summed E-state index contributed by atoms with van der Waals surface area (Å²) in [7, 11) is 0. The Labute approximate surface area is 160 Å². The Morgan fingerprint density at radius 3 is 2.56 bits per heavy atom. The number of amides is 1. The van der Waals surface area contributed by atoms with Crippen molar-refractivity contribution in [3.05, 3.63) is 59.0 Å². The molecular weight excluding hydrogens is 338 g/mol. The van der Waals surface area contributed by atoms with Crippen molar-refractivity contribution in [2.45, 2.75) is 41.0 Å². The summed E-state index contributed by atoms with van der Waals surface area (Å²) in [5.74, 6) is 1.88. The number of aromatic nitrogens is 2. The van der Waals surface area contributed by atoms with E-state index in [-0.39, 0.29) is 5.91 Å². The Morgan fingerprint density at radius 2 is 1.93 bits per heavy atom. The van der Waals surface area contributed by atoms with Gasteiger partial charge in [-0.1, -0.05) is 31.5 Å². The molecule has 1 N–H and O–H groups in total. The van der Waals surface area contributed by atoms with E-state index in [1.165, 1.54) is 5.56 Å². The van der Waals surface area contributed by atoms with Gasteiger partial charge in [0.05, 0.1) is 5.69 Å². The van der Waals surface area contributed by atoms with E-state index in [2.05, 4.69) is 37.3 Å². The van der Waals surface area contributed by atoms with E-state index in [1.54, 1.807) is 10.7 Å². The molecule has 0 bridgehead atoms. The lowest BCUT2D eigenvalue weighted by Crippen LogP contribution is -2.27. The molecule has 0 radical (unpaired) electrons. The second kappa shape index (κ2) is 7.82. The monoisotopic (exact) mass is 365 g/mol. The molecule has 0 unspecified atom stereocenters. The third kappa shape index (κ3) is 4.30. The molecule has 0 aliphatic heterocycles. The fourth-order valence-electron chi connectivity index (χ4n) is 3.03. The Hall–Kier alpha value is -2.82. The van der Waals surface area contributed by atoms with Gasteiger partial charge in [0, 0.05) is 12.6 Å². The van der Waals surface area contributed by atoms with Crippen molar-refractivity contribution < 1.29 is 9.21 Å². The quantitative estimate of drug-likeness (QED) is 0.680. The molecule has 3 aromatic rings. The Balaban J connectivity index is 2.01. The maximum Gasteiger partial charge on any atom is 0.270 e. The van der Waals surface area contributed by atoms with Crippen LogP contribution in [-0.4, -0.2) is 22.2 Å². The summed E-state index contributed by atoms with van der Waals surface area (Å²) in [6, 6.07) is 11.7. The molecule has 0 spiro atoms. The normalized spacial score (nSPS) is 11.2. The highest BCUT2D eigenvalue weighted by molar-refractivity contribution is 5.94. The molecule has 0 saturated carbocycles. The molecular formula is C22H27N3O2. The zero-order valence-electron chi connectivity index (χ0n) is 16.7. The van der Waals surface area contributed by atoms with Crippen LogP contribution in [0.5, 0.6) is 0 Å². The minimum atomic E-state index is -0.127. The highest BCUT2D eigenvalue weighted by Crippen LogP contribution is 2.25. The minimum absolute atomic E-state index is 0.127. The second-order valence-corrected chi connectivity index (χ2v) is 7.47. The zero-order chi connectivity index (χ0) is 19.6. The summed E-state index contributed by atoms with van der Waals surface area (Å²) in [6.07, 6.45) is 0.938. The molecule has 5 nitrogen and oxygen atoms in total. The van der Waals surface area contributed by atoms with Crippen LogP contribution in [0.15, 0.2) is 40.8 Å². The van der Waals surface area contributed by atoms with Crippen molar-refractivity contribution in [3.63, 3.8) is 0 Å². The average Bonchev–Trinajstić information content (AvgIpc) is 3.21. The lowest BCUT2D eigenvalue weighted by atomic mass is 10.1. The number of rotatable bonds is 6. The molecule has 0 fully saturated rings. The van der Waals surface area contributed by atoms with Gasteiger partial charge >= 0.3 is 0 Å². The Bertz CT molecular complexity index is 950. The largest absolute Gasteiger partial charge is 0.460 e. The maximum absolute atomic E-state index is 12.8. The van der Waals surface area contributed by atoms with E-state index < -0.39 is 0 Å². The number of carbonyl (C=O) groups is 1. The molecule has 142 valence electrons. The first kappa shape index (κ1) is 19.0. The second-order valence-electron chi connectivity index (χ2n) is 7.47. The van der Waals surface area contributed by atoms with Gasteiger partial charge < -0.3 is 9.73 Å². The third-order valence-corrected chi connectivity index (χ3v) is 4.52. The highest BCUT2D eigenvalue weighted by atomic mass is 16.3. The average molecular weight is 365 g/mol. The molecule has 0 aliphatic carbocycles. The van der Waals surface area contributed by atoms with Gasteiger partial charge in [0.25, 0.3) is 5.91 Å². The van der Waals surface area contributed by atoms with Crippen LogP contribution in [0.25, 0.3) is 17.1 Å². The molecule has 0 atom stereocenters. The topological polar surface area (TPSA) is 60.1 Å². The fourth-order valence-corrected chi connectivity index (χ4v) is 3.03. The van der Waals surface area contributed by atoms with Crippen LogP contribution in [-0.2, 0) is 0 Å². The SMILES string of the molecule is Cc1ccc(-n2nc(-c3ccc(C)o3)cc2C(=O)NCCC(C)C)c(C)c1. The highest BCUT2D eigenvalue weighted by Gasteiger charge is 2.20. The zero-order valence-corrected chi connectivity index (χ0v) is 16.7. The molecule has 0 aliphatic rings. The van der Waals surface area contributed by atoms with Gasteiger partial charge in [-0.05, 0) is 56.9 Å². The van der Waals surface area contributed by atoms with E-state index in [9.17, 15) is 4.79 Å². The predicted molar refractivity (Wildman–Crippen MR) is 107 cm³/mol. The van der Waals surface area contributed by atoms with E-state index in [0.29, 0.717) is 29.6 Å². The molecule has 1 aromatic carbocycles. The Morgan fingerprint density at radius 1 is 1.15 bits per heavy atom. The fraction of sp³-hybridized carbons (Fsp3) is 0.364. The summed E-state index contributed by atoms with van der Waals surface area (Å²) in [4.78, 5) is 12.8. The molecule has 1 amide bonds. The number of nitrogens with one attached hydrogen (secondary N) is 1. The van der Waals surface area contributed by atoms with Crippen molar-refractivity contribution in [1.82, 2.24) is 15.1 Å². The molecule has 0 saturated heterocycles. The summed E-state index contributed by atoms with van der Waals surface area (Å²) in [5.41, 5.74) is 4.29. The van der Waals surface area contributed by atoms with E-state index in [0.717, 1.165) is 23.4 Å². The van der Waals surface area contributed by atoms with Gasteiger partial charge in [0.15, 0.2) is 5.76 Å². The van der Waals surface area contributed by atoms with Crippen LogP contribution < -0.4 is 5.32 Å². The Kier molecular flexibility index (Phi) is 5.49. The third-order valence-electron chi connectivity index (χ3n) is 4.52. The first-order chi connectivity index (χ1) is 12.8. The van der Waals surface area contributed by atoms with Gasteiger partial charge in [-0.15, -0.1) is 0 Å². The van der Waals surface area contributed by atoms with Gasteiger partial charge in [-0.2, -0.15) is 5.10 Å². The standard InChI is InChI=1S/C22H27N3O2/c1-14(2)10-11-23-22(26)20-13-18(21-9-7-17(5)27-21)24-25(20)19-8-6-15(3)12-16(19)4/h6-9,12-14H,10-11H2,1-5H3,(H,23,26). The summed E-state index contributed by atoms with van der Waals surface area (Å²) < 4.78 is 7.42. The van der Waals surface area contributed by atoms with Crippen LogP contribution in [0.3, 0.4) is 0 Å². The molecule has 2 heterocycles. The van der Waals surface area contributed by atoms with Crippen LogP contribution in [0.2, 0.25) is 0 Å². The number of furan rings is 1. The van der Waals surface area contributed by atoms with Crippen LogP contribution in [0.4, 0.5) is 0 Å². The molecule has 27 heavy (non-hydrogen) atoms. The van der Waals surface area contributed by atoms with Crippen molar-refractivity contribution in [2.24, 2.45) is 5.92 Å². The minimum Gasteiger partial charge on any atom is -0.460 e. The first-order valence-electron chi connectivity index (χ1n) is 9.38. The summed E-state index contributed by atoms with van der Waals surface area (Å²) >= 11 is 0. The van der Waals surface area contributed by atoms with Gasteiger partial charge in [0.2, 0.25) is 0 Å². The van der Waals surface area contributed by atoms with Crippen LogP contribution >= 0.6 is 0 Å². The van der Waals surface area contributed by atoms with E-state index in [4.69, 9.17) is 4.42 Å². The molecule has 5 heteroatoms. The van der Waals surface area contributed by atoms with Gasteiger partial charge in [0.1, 0.15) is 17.1 Å². The van der Waals surface area contributed by atoms with Crippen LogP contribution in [0.1, 0.15) is 47.6 Å². The lowest BCUT2D eigenvalue weighted by Gasteiger charge is -2.11. The van der Waals surface area contributed by atoms with Gasteiger partial charge in [-0.25, -0.2) is 4.68 Å². The number of nitrogens with zero attached hydrogens (tertiary/aromatic N) is 2. The lowest BCUT2D eigenvalue weighted by molar-refractivity contribution is 0.0944. The predicted octanol–water partition coefficient (Wildman–Crippen LogP) is 4.83. The number of aryl methyl sites for hydroxylation is 3. The molecule has 2 aromatic heterocycles. The van der Waals surface area contributed by atoms with E-state index >= 15 is 0 Å². The summed E-state index contributed by atoms with van der Waals surface area (Å²) in [5, 5.41) is 7.69. The number of benzene rings is 1. The first-order valence-corrected chi connectivity index (χ1v) is 9.38. The maximum atomic E-state index is 12.8. The van der Waals surface area contributed by atoms with E-state index in [1.807, 2.05) is 38.1 Å². The number of hydrogen-bond acceptors (Lipinski definition) is 3. The number of hydrogen-bond donors (Lipinski definition) is 1. The van der Waals surface area contributed by atoms with Crippen molar-refractivity contribution >= 4 is 5.91 Å². The smallest absolute Gasteiger partial charge is 0.270 e. The molecule has 3 rings (SSSR count). The van der Waals surface area contributed by atoms with Crippen molar-refractivity contribution in [2.75, 3.05) is 6.54 Å². The van der Waals surface area contributed by atoms with Crippen LogP contribution in [0, 0.1) is 26.7 Å².